The van der Waals surface area contributed by atoms with Gasteiger partial charge in [0.1, 0.15) is 16.8 Å². The molecule has 1 aromatic rings. The van der Waals surface area contributed by atoms with E-state index in [1.54, 1.807) is 0 Å². The number of halogens is 1. The van der Waals surface area contributed by atoms with Crippen molar-refractivity contribution in [1.29, 1.82) is 0 Å². The summed E-state index contributed by atoms with van der Waals surface area (Å²) in [5, 5.41) is 0.589. The summed E-state index contributed by atoms with van der Waals surface area (Å²) in [5.41, 5.74) is 1.01. The Morgan fingerprint density at radius 2 is 1.65 bits per heavy atom. The summed E-state index contributed by atoms with van der Waals surface area (Å²) in [5.74, 6) is 1.78. The predicted octanol–water partition coefficient (Wildman–Crippen LogP) is 2.81. The number of anilines is 1. The molecule has 2 aliphatic rings. The summed E-state index contributed by atoms with van der Waals surface area (Å²) < 4.78 is 0. The second-order valence-electron chi connectivity index (χ2n) is 5.97. The first kappa shape index (κ1) is 14.1. The Morgan fingerprint density at radius 3 is 2.30 bits per heavy atom. The fourth-order valence-electron chi connectivity index (χ4n) is 3.46. The molecule has 5 heteroatoms. The van der Waals surface area contributed by atoms with Crippen LogP contribution in [0, 0.1) is 13.8 Å². The second-order valence-corrected chi connectivity index (χ2v) is 6.33. The van der Waals surface area contributed by atoms with Crippen molar-refractivity contribution in [1.82, 2.24) is 14.9 Å². The minimum atomic E-state index is 0.589. The van der Waals surface area contributed by atoms with Crippen LogP contribution in [-0.2, 0) is 0 Å². The number of piperazine rings is 1. The van der Waals surface area contributed by atoms with Crippen LogP contribution in [0.1, 0.15) is 37.1 Å². The summed E-state index contributed by atoms with van der Waals surface area (Å²) in [6.07, 6.45) is 5.59. The molecule has 1 saturated carbocycles. The van der Waals surface area contributed by atoms with Gasteiger partial charge in [0, 0.05) is 37.8 Å². The van der Waals surface area contributed by atoms with Crippen molar-refractivity contribution in [3.8, 4) is 0 Å². The highest BCUT2D eigenvalue weighted by atomic mass is 35.5. The third-order valence-electron chi connectivity index (χ3n) is 4.63. The molecule has 0 atom stereocenters. The lowest BCUT2D eigenvalue weighted by Crippen LogP contribution is -2.50. The van der Waals surface area contributed by atoms with Crippen LogP contribution < -0.4 is 4.90 Å². The molecule has 0 bridgehead atoms. The molecule has 110 valence electrons. The maximum atomic E-state index is 6.18. The molecular weight excluding hydrogens is 272 g/mol. The standard InChI is InChI=1S/C15H23ClN4/c1-11-14(16)17-12(2)18-15(11)20-9-7-19(8-10-20)13-5-3-4-6-13/h13H,3-10H2,1-2H3. The van der Waals surface area contributed by atoms with Gasteiger partial charge in [-0.1, -0.05) is 24.4 Å². The number of rotatable bonds is 2. The van der Waals surface area contributed by atoms with Crippen molar-refractivity contribution in [2.45, 2.75) is 45.6 Å². The van der Waals surface area contributed by atoms with E-state index in [4.69, 9.17) is 11.6 Å². The van der Waals surface area contributed by atoms with Crippen LogP contribution in [0.15, 0.2) is 0 Å². The molecule has 0 amide bonds. The molecular formula is C15H23ClN4. The van der Waals surface area contributed by atoms with Crippen LogP contribution in [0.5, 0.6) is 0 Å². The van der Waals surface area contributed by atoms with Crippen LogP contribution in [-0.4, -0.2) is 47.1 Å². The van der Waals surface area contributed by atoms with Gasteiger partial charge in [-0.2, -0.15) is 0 Å². The lowest BCUT2D eigenvalue weighted by atomic mass is 10.1. The van der Waals surface area contributed by atoms with Gasteiger partial charge in [-0.25, -0.2) is 9.97 Å². The van der Waals surface area contributed by atoms with E-state index in [9.17, 15) is 0 Å². The number of aryl methyl sites for hydroxylation is 1. The Bertz CT molecular complexity index is 477. The number of hydrogen-bond donors (Lipinski definition) is 0. The third-order valence-corrected chi connectivity index (χ3v) is 5.00. The normalized spacial score (nSPS) is 21.6. The minimum Gasteiger partial charge on any atom is -0.354 e. The number of aromatic nitrogens is 2. The van der Waals surface area contributed by atoms with Crippen molar-refractivity contribution in [2.75, 3.05) is 31.1 Å². The van der Waals surface area contributed by atoms with Crippen molar-refractivity contribution in [3.63, 3.8) is 0 Å². The molecule has 1 aliphatic heterocycles. The molecule has 2 fully saturated rings. The Labute approximate surface area is 126 Å². The molecule has 1 aromatic heterocycles. The molecule has 0 unspecified atom stereocenters. The van der Waals surface area contributed by atoms with Crippen LogP contribution in [0.4, 0.5) is 5.82 Å². The van der Waals surface area contributed by atoms with Gasteiger partial charge in [-0.3, -0.25) is 4.90 Å². The summed E-state index contributed by atoms with van der Waals surface area (Å²) in [6.45, 7) is 8.30. The SMILES string of the molecule is Cc1nc(Cl)c(C)c(N2CCN(C3CCCC3)CC2)n1. The summed E-state index contributed by atoms with van der Waals surface area (Å²) in [7, 11) is 0. The van der Waals surface area contributed by atoms with E-state index in [0.29, 0.717) is 5.15 Å². The van der Waals surface area contributed by atoms with Gasteiger partial charge in [0.15, 0.2) is 0 Å². The maximum Gasteiger partial charge on any atom is 0.137 e. The first-order valence-electron chi connectivity index (χ1n) is 7.65. The van der Waals surface area contributed by atoms with Gasteiger partial charge in [0.25, 0.3) is 0 Å². The van der Waals surface area contributed by atoms with E-state index in [2.05, 4.69) is 19.8 Å². The van der Waals surface area contributed by atoms with Gasteiger partial charge in [-0.15, -0.1) is 0 Å². The summed E-state index contributed by atoms with van der Waals surface area (Å²) in [6, 6.07) is 0.828. The molecule has 3 rings (SSSR count). The van der Waals surface area contributed by atoms with Gasteiger partial charge >= 0.3 is 0 Å². The predicted molar refractivity (Wildman–Crippen MR) is 82.6 cm³/mol. The average molecular weight is 295 g/mol. The molecule has 0 N–H and O–H groups in total. The molecule has 1 aliphatic carbocycles. The van der Waals surface area contributed by atoms with Crippen molar-refractivity contribution in [2.24, 2.45) is 0 Å². The zero-order chi connectivity index (χ0) is 14.1. The van der Waals surface area contributed by atoms with E-state index in [-0.39, 0.29) is 0 Å². The highest BCUT2D eigenvalue weighted by Gasteiger charge is 2.27. The number of hydrogen-bond acceptors (Lipinski definition) is 4. The second kappa shape index (κ2) is 5.86. The van der Waals surface area contributed by atoms with Gasteiger partial charge in [0.05, 0.1) is 0 Å². The highest BCUT2D eigenvalue weighted by Crippen LogP contribution is 2.27. The van der Waals surface area contributed by atoms with E-state index in [1.807, 2.05) is 13.8 Å². The van der Waals surface area contributed by atoms with Gasteiger partial charge < -0.3 is 4.90 Å². The molecule has 20 heavy (non-hydrogen) atoms. The van der Waals surface area contributed by atoms with Crippen LogP contribution in [0.3, 0.4) is 0 Å². The smallest absolute Gasteiger partial charge is 0.137 e. The maximum absolute atomic E-state index is 6.18. The quantitative estimate of drug-likeness (QED) is 0.785. The Balaban J connectivity index is 1.68. The third kappa shape index (κ3) is 2.77. The molecule has 0 aromatic carbocycles. The number of nitrogens with zero attached hydrogens (tertiary/aromatic N) is 4. The fourth-order valence-corrected chi connectivity index (χ4v) is 3.66. The Hall–Kier alpha value is -0.870. The van der Waals surface area contributed by atoms with Crippen molar-refractivity contribution in [3.05, 3.63) is 16.5 Å². The lowest BCUT2D eigenvalue weighted by molar-refractivity contribution is 0.187. The molecule has 4 nitrogen and oxygen atoms in total. The first-order valence-corrected chi connectivity index (χ1v) is 8.02. The molecule has 0 spiro atoms. The van der Waals surface area contributed by atoms with E-state index < -0.39 is 0 Å². The zero-order valence-corrected chi connectivity index (χ0v) is 13.2. The summed E-state index contributed by atoms with van der Waals surface area (Å²) in [4.78, 5) is 13.8. The fraction of sp³-hybridized carbons (Fsp3) is 0.733. The first-order chi connectivity index (χ1) is 9.65. The molecule has 1 saturated heterocycles. The minimum absolute atomic E-state index is 0.589. The Morgan fingerprint density at radius 1 is 1.00 bits per heavy atom. The van der Waals surface area contributed by atoms with Crippen molar-refractivity contribution < 1.29 is 0 Å². The largest absolute Gasteiger partial charge is 0.354 e. The highest BCUT2D eigenvalue weighted by molar-refractivity contribution is 6.30. The van der Waals surface area contributed by atoms with Gasteiger partial charge in [0.2, 0.25) is 0 Å². The van der Waals surface area contributed by atoms with E-state index in [0.717, 1.165) is 49.4 Å². The monoisotopic (exact) mass is 294 g/mol. The topological polar surface area (TPSA) is 32.3 Å². The molecule has 2 heterocycles. The lowest BCUT2D eigenvalue weighted by Gasteiger charge is -2.39. The molecule has 0 radical (unpaired) electrons. The van der Waals surface area contributed by atoms with Gasteiger partial charge in [-0.05, 0) is 26.7 Å². The van der Waals surface area contributed by atoms with Crippen LogP contribution >= 0.6 is 11.6 Å². The van der Waals surface area contributed by atoms with Crippen LogP contribution in [0.25, 0.3) is 0 Å². The van der Waals surface area contributed by atoms with Crippen LogP contribution in [0.2, 0.25) is 5.15 Å². The Kier molecular flexibility index (Phi) is 4.13. The average Bonchev–Trinajstić information content (AvgIpc) is 2.97. The summed E-state index contributed by atoms with van der Waals surface area (Å²) >= 11 is 6.18. The van der Waals surface area contributed by atoms with Crippen molar-refractivity contribution >= 4 is 17.4 Å². The zero-order valence-electron chi connectivity index (χ0n) is 12.4. The van der Waals surface area contributed by atoms with E-state index in [1.165, 1.54) is 25.7 Å². The van der Waals surface area contributed by atoms with E-state index >= 15 is 0 Å².